The Kier molecular flexibility index (Phi) is 1.75. The Morgan fingerprint density at radius 1 is 1.56 bits per heavy atom. The minimum atomic E-state index is 0.329. The van der Waals surface area contributed by atoms with Crippen LogP contribution in [-0.2, 0) is 0 Å². The van der Waals surface area contributed by atoms with Gasteiger partial charge in [-0.25, -0.2) is 10.0 Å². The summed E-state index contributed by atoms with van der Waals surface area (Å²) in [4.78, 5) is 0. The van der Waals surface area contributed by atoms with Crippen LogP contribution in [0.1, 0.15) is 6.42 Å². The van der Waals surface area contributed by atoms with E-state index in [1.807, 2.05) is 7.05 Å². The Balaban J connectivity index is 2.54. The van der Waals surface area contributed by atoms with Gasteiger partial charge in [-0.2, -0.15) is 0 Å². The van der Waals surface area contributed by atoms with Gasteiger partial charge in [0, 0.05) is 20.6 Å². The minimum Gasteiger partial charge on any atom is -0.244 e. The van der Waals surface area contributed by atoms with E-state index in [0.717, 1.165) is 13.0 Å². The lowest BCUT2D eigenvalue weighted by Crippen LogP contribution is -2.33. The van der Waals surface area contributed by atoms with Gasteiger partial charge in [0.1, 0.15) is 0 Å². The van der Waals surface area contributed by atoms with E-state index in [-0.39, 0.29) is 0 Å². The molecule has 2 heteroatoms. The highest BCUT2D eigenvalue weighted by Gasteiger charge is 2.22. The highest BCUT2D eigenvalue weighted by atomic mass is 15.6. The first-order valence-corrected chi connectivity index (χ1v) is 3.15. The third-order valence-electron chi connectivity index (χ3n) is 1.91. The van der Waals surface area contributed by atoms with E-state index < -0.39 is 0 Å². The van der Waals surface area contributed by atoms with Crippen LogP contribution in [0.4, 0.5) is 0 Å². The average molecular weight is 124 g/mol. The largest absolute Gasteiger partial charge is 0.244 e. The van der Waals surface area contributed by atoms with Crippen LogP contribution < -0.4 is 0 Å². The molecule has 1 fully saturated rings. The summed E-state index contributed by atoms with van der Waals surface area (Å²) in [6.07, 6.45) is 6.37. The molecule has 0 aliphatic carbocycles. The van der Waals surface area contributed by atoms with Crippen LogP contribution in [-0.4, -0.2) is 36.7 Å². The summed E-state index contributed by atoms with van der Waals surface area (Å²) in [6, 6.07) is 0.329. The molecule has 1 aliphatic rings. The quantitative estimate of drug-likeness (QED) is 0.425. The van der Waals surface area contributed by atoms with Crippen molar-refractivity contribution in [1.29, 1.82) is 0 Å². The highest BCUT2D eigenvalue weighted by Crippen LogP contribution is 2.11. The van der Waals surface area contributed by atoms with E-state index in [9.17, 15) is 0 Å². The summed E-state index contributed by atoms with van der Waals surface area (Å²) in [5.74, 6) is 2.73. The molecule has 50 valence electrons. The molecule has 0 saturated carbocycles. The van der Waals surface area contributed by atoms with Gasteiger partial charge in [0.25, 0.3) is 0 Å². The van der Waals surface area contributed by atoms with Crippen molar-refractivity contribution in [3.8, 4) is 12.3 Å². The third kappa shape index (κ3) is 1.07. The molecule has 0 N–H and O–H groups in total. The van der Waals surface area contributed by atoms with Crippen LogP contribution in [0.5, 0.6) is 0 Å². The zero-order chi connectivity index (χ0) is 6.85. The fourth-order valence-electron chi connectivity index (χ4n) is 1.08. The average Bonchev–Trinajstić information content (AvgIpc) is 2.15. The molecule has 0 bridgehead atoms. The highest BCUT2D eigenvalue weighted by molar-refractivity contribution is 5.01. The van der Waals surface area contributed by atoms with Crippen LogP contribution in [0.3, 0.4) is 0 Å². The van der Waals surface area contributed by atoms with Gasteiger partial charge >= 0.3 is 0 Å². The van der Waals surface area contributed by atoms with Crippen molar-refractivity contribution in [2.75, 3.05) is 20.6 Å². The Hall–Kier alpha value is -0.520. The fourth-order valence-corrected chi connectivity index (χ4v) is 1.08. The van der Waals surface area contributed by atoms with Crippen molar-refractivity contribution in [3.05, 3.63) is 0 Å². The first kappa shape index (κ1) is 6.60. The van der Waals surface area contributed by atoms with E-state index in [0.29, 0.717) is 6.04 Å². The van der Waals surface area contributed by atoms with E-state index in [1.165, 1.54) is 0 Å². The van der Waals surface area contributed by atoms with Gasteiger partial charge in [0.2, 0.25) is 0 Å². The lowest BCUT2D eigenvalue weighted by molar-refractivity contribution is 0.0708. The summed E-state index contributed by atoms with van der Waals surface area (Å²) in [5, 5.41) is 4.24. The molecule has 9 heavy (non-hydrogen) atoms. The monoisotopic (exact) mass is 124 g/mol. The van der Waals surface area contributed by atoms with Crippen molar-refractivity contribution in [2.45, 2.75) is 12.5 Å². The SMILES string of the molecule is C#CC1CCN(C)N1C. The smallest absolute Gasteiger partial charge is 0.0859 e. The Morgan fingerprint density at radius 3 is 2.44 bits per heavy atom. The summed E-state index contributed by atoms with van der Waals surface area (Å²) in [6.45, 7) is 1.09. The number of rotatable bonds is 0. The molecular formula is C7H12N2. The zero-order valence-corrected chi connectivity index (χ0v) is 5.96. The maximum atomic E-state index is 5.27. The molecule has 0 aromatic heterocycles. The normalized spacial score (nSPS) is 30.6. The van der Waals surface area contributed by atoms with Gasteiger partial charge in [-0.15, -0.1) is 6.42 Å². The second-order valence-electron chi connectivity index (χ2n) is 2.43. The molecule has 0 amide bonds. The number of nitrogens with zero attached hydrogens (tertiary/aromatic N) is 2. The van der Waals surface area contributed by atoms with Crippen LogP contribution in [0.15, 0.2) is 0 Å². The summed E-state index contributed by atoms with van der Waals surface area (Å²) < 4.78 is 0. The molecule has 1 aliphatic heterocycles. The molecular weight excluding hydrogens is 112 g/mol. The third-order valence-corrected chi connectivity index (χ3v) is 1.91. The number of hydrogen-bond donors (Lipinski definition) is 0. The van der Waals surface area contributed by atoms with Gasteiger partial charge in [-0.3, -0.25) is 0 Å². The molecule has 1 rings (SSSR count). The Morgan fingerprint density at radius 2 is 2.22 bits per heavy atom. The van der Waals surface area contributed by atoms with Crippen molar-refractivity contribution in [1.82, 2.24) is 10.0 Å². The summed E-state index contributed by atoms with van der Waals surface area (Å²) in [5.41, 5.74) is 0. The van der Waals surface area contributed by atoms with Crippen LogP contribution in [0.25, 0.3) is 0 Å². The second kappa shape index (κ2) is 2.38. The molecule has 1 saturated heterocycles. The lowest BCUT2D eigenvalue weighted by Gasteiger charge is -2.21. The first-order valence-electron chi connectivity index (χ1n) is 3.15. The summed E-state index contributed by atoms with van der Waals surface area (Å²) in [7, 11) is 4.08. The Labute approximate surface area is 56.4 Å². The van der Waals surface area contributed by atoms with Gasteiger partial charge in [-0.05, 0) is 6.42 Å². The standard InChI is InChI=1S/C7H12N2/c1-4-7-5-6-8(2)9(7)3/h1,7H,5-6H2,2-3H3. The van der Waals surface area contributed by atoms with Crippen LogP contribution >= 0.6 is 0 Å². The van der Waals surface area contributed by atoms with E-state index in [1.54, 1.807) is 0 Å². The van der Waals surface area contributed by atoms with Crippen LogP contribution in [0, 0.1) is 12.3 Å². The van der Waals surface area contributed by atoms with E-state index in [4.69, 9.17) is 6.42 Å². The number of hydrogen-bond acceptors (Lipinski definition) is 2. The first-order chi connectivity index (χ1) is 4.25. The maximum absolute atomic E-state index is 5.27. The zero-order valence-electron chi connectivity index (χ0n) is 5.96. The fraction of sp³-hybridized carbons (Fsp3) is 0.714. The van der Waals surface area contributed by atoms with Gasteiger partial charge in [0.05, 0.1) is 6.04 Å². The van der Waals surface area contributed by atoms with Crippen molar-refractivity contribution in [2.24, 2.45) is 0 Å². The van der Waals surface area contributed by atoms with Gasteiger partial charge in [0.15, 0.2) is 0 Å². The van der Waals surface area contributed by atoms with E-state index >= 15 is 0 Å². The number of terminal acetylenes is 1. The van der Waals surface area contributed by atoms with Crippen molar-refractivity contribution in [3.63, 3.8) is 0 Å². The van der Waals surface area contributed by atoms with Crippen LogP contribution in [0.2, 0.25) is 0 Å². The van der Waals surface area contributed by atoms with Gasteiger partial charge < -0.3 is 0 Å². The minimum absolute atomic E-state index is 0.329. The predicted molar refractivity (Wildman–Crippen MR) is 37.6 cm³/mol. The molecule has 1 atom stereocenters. The predicted octanol–water partition coefficient (Wildman–Crippen LogP) is 0.171. The van der Waals surface area contributed by atoms with Gasteiger partial charge in [-0.1, -0.05) is 5.92 Å². The Bertz CT molecular complexity index is 136. The molecule has 1 heterocycles. The molecule has 0 aromatic rings. The lowest BCUT2D eigenvalue weighted by atomic mass is 10.2. The summed E-state index contributed by atoms with van der Waals surface area (Å²) >= 11 is 0. The maximum Gasteiger partial charge on any atom is 0.0859 e. The molecule has 1 unspecified atom stereocenters. The van der Waals surface area contributed by atoms with Crippen molar-refractivity contribution < 1.29 is 0 Å². The number of hydrazine groups is 1. The molecule has 0 aromatic carbocycles. The topological polar surface area (TPSA) is 6.48 Å². The van der Waals surface area contributed by atoms with E-state index in [2.05, 4.69) is 23.0 Å². The molecule has 0 radical (unpaired) electrons. The second-order valence-corrected chi connectivity index (χ2v) is 2.43. The van der Waals surface area contributed by atoms with Crippen molar-refractivity contribution >= 4 is 0 Å². The molecule has 0 spiro atoms. The molecule has 2 nitrogen and oxygen atoms in total.